The molecule has 4 rings (SSSR count). The first-order valence-corrected chi connectivity index (χ1v) is 11.1. The molecule has 0 aromatic heterocycles. The summed E-state index contributed by atoms with van der Waals surface area (Å²) in [5, 5.41) is 16.7. The number of fused-ring (bicyclic) bond motifs is 1. The van der Waals surface area contributed by atoms with E-state index in [2.05, 4.69) is 10.6 Å². The third-order valence-electron chi connectivity index (χ3n) is 4.87. The van der Waals surface area contributed by atoms with E-state index in [1.807, 2.05) is 54.6 Å². The van der Waals surface area contributed by atoms with Crippen molar-refractivity contribution in [3.05, 3.63) is 102 Å². The molecule has 4 aromatic rings. The van der Waals surface area contributed by atoms with Crippen LogP contribution in [0.1, 0.15) is 20.7 Å². The van der Waals surface area contributed by atoms with Gasteiger partial charge in [-0.1, -0.05) is 42.5 Å². The van der Waals surface area contributed by atoms with Gasteiger partial charge in [0, 0.05) is 21.8 Å². The van der Waals surface area contributed by atoms with Crippen LogP contribution in [0.3, 0.4) is 0 Å². The molecule has 2 amide bonds. The minimum atomic E-state index is -1.05. The van der Waals surface area contributed by atoms with Crippen molar-refractivity contribution in [2.24, 2.45) is 0 Å². The first-order chi connectivity index (χ1) is 16.0. The average Bonchev–Trinajstić information content (AvgIpc) is 2.83. The number of rotatable bonds is 7. The second kappa shape index (κ2) is 10.0. The maximum Gasteiger partial charge on any atom is 0.335 e. The first-order valence-electron chi connectivity index (χ1n) is 10.1. The molecule has 0 spiro atoms. The largest absolute Gasteiger partial charge is 0.478 e. The van der Waals surface area contributed by atoms with Gasteiger partial charge in [0.25, 0.3) is 5.91 Å². The van der Waals surface area contributed by atoms with Crippen molar-refractivity contribution in [2.75, 3.05) is 16.4 Å². The average molecular weight is 457 g/mol. The first kappa shape index (κ1) is 22.1. The number of carbonyl (C=O) groups excluding carboxylic acids is 2. The van der Waals surface area contributed by atoms with Gasteiger partial charge in [-0.3, -0.25) is 9.59 Å². The van der Waals surface area contributed by atoms with Gasteiger partial charge >= 0.3 is 5.97 Å². The fraction of sp³-hybridized carbons (Fsp3) is 0.0385. The van der Waals surface area contributed by atoms with Gasteiger partial charge in [-0.2, -0.15) is 0 Å². The van der Waals surface area contributed by atoms with Crippen LogP contribution in [-0.2, 0) is 4.79 Å². The predicted octanol–water partition coefficient (Wildman–Crippen LogP) is 5.52. The zero-order valence-electron chi connectivity index (χ0n) is 17.4. The maximum atomic E-state index is 12.7. The summed E-state index contributed by atoms with van der Waals surface area (Å²) in [5.41, 5.74) is 1.73. The van der Waals surface area contributed by atoms with Crippen LogP contribution in [0.25, 0.3) is 10.8 Å². The maximum absolute atomic E-state index is 12.7. The molecule has 0 fully saturated rings. The smallest absolute Gasteiger partial charge is 0.335 e. The lowest BCUT2D eigenvalue weighted by atomic mass is 10.1. The quantitative estimate of drug-likeness (QED) is 0.318. The number of amides is 2. The van der Waals surface area contributed by atoms with Crippen LogP contribution in [0.4, 0.5) is 11.4 Å². The normalized spacial score (nSPS) is 10.5. The van der Waals surface area contributed by atoms with Gasteiger partial charge in [0.15, 0.2) is 0 Å². The van der Waals surface area contributed by atoms with Crippen molar-refractivity contribution < 1.29 is 19.5 Å². The van der Waals surface area contributed by atoms with E-state index in [9.17, 15) is 14.4 Å². The van der Waals surface area contributed by atoms with Crippen molar-refractivity contribution >= 4 is 51.7 Å². The van der Waals surface area contributed by atoms with E-state index >= 15 is 0 Å². The van der Waals surface area contributed by atoms with Crippen molar-refractivity contribution in [3.8, 4) is 0 Å². The van der Waals surface area contributed by atoms with Gasteiger partial charge in [0.2, 0.25) is 5.91 Å². The van der Waals surface area contributed by atoms with E-state index in [-0.39, 0.29) is 23.1 Å². The Balaban J connectivity index is 1.36. The van der Waals surface area contributed by atoms with Crippen molar-refractivity contribution in [1.82, 2.24) is 0 Å². The summed E-state index contributed by atoms with van der Waals surface area (Å²) in [5.74, 6) is -1.38. The molecule has 6 nitrogen and oxygen atoms in total. The molecule has 3 N–H and O–H groups in total. The zero-order valence-corrected chi connectivity index (χ0v) is 18.3. The van der Waals surface area contributed by atoms with E-state index < -0.39 is 5.97 Å². The van der Waals surface area contributed by atoms with Gasteiger partial charge in [0.1, 0.15) is 0 Å². The van der Waals surface area contributed by atoms with Gasteiger partial charge in [-0.25, -0.2) is 4.79 Å². The minimum Gasteiger partial charge on any atom is -0.478 e. The third-order valence-corrected chi connectivity index (χ3v) is 5.86. The molecule has 0 radical (unpaired) electrons. The van der Waals surface area contributed by atoms with E-state index in [0.29, 0.717) is 16.9 Å². The van der Waals surface area contributed by atoms with Gasteiger partial charge in [0.05, 0.1) is 11.3 Å². The van der Waals surface area contributed by atoms with E-state index in [4.69, 9.17) is 5.11 Å². The standard InChI is InChI=1S/C26H20N2O4S/c29-24(27-21-8-3-7-20(14-21)26(31)32)16-33-23-10-4-9-22(15-23)28-25(30)19-12-11-17-5-1-2-6-18(17)13-19/h1-15H,16H2,(H,27,29)(H,28,30)(H,31,32). The van der Waals surface area contributed by atoms with Crippen LogP contribution < -0.4 is 10.6 Å². The highest BCUT2D eigenvalue weighted by molar-refractivity contribution is 8.00. The highest BCUT2D eigenvalue weighted by Crippen LogP contribution is 2.23. The summed E-state index contributed by atoms with van der Waals surface area (Å²) in [6.45, 7) is 0. The number of carboxylic acids is 1. The number of hydrogen-bond acceptors (Lipinski definition) is 4. The number of nitrogens with one attached hydrogen (secondary N) is 2. The van der Waals surface area contributed by atoms with E-state index in [0.717, 1.165) is 15.7 Å². The molecule has 4 aromatic carbocycles. The predicted molar refractivity (Wildman–Crippen MR) is 131 cm³/mol. The SMILES string of the molecule is O=C(CSc1cccc(NC(=O)c2ccc3ccccc3c2)c1)Nc1cccc(C(=O)O)c1. The monoisotopic (exact) mass is 456 g/mol. The lowest BCUT2D eigenvalue weighted by molar-refractivity contribution is -0.113. The number of aromatic carboxylic acids is 1. The Kier molecular flexibility index (Phi) is 6.71. The summed E-state index contributed by atoms with van der Waals surface area (Å²) in [7, 11) is 0. The van der Waals surface area contributed by atoms with Gasteiger partial charge in [-0.15, -0.1) is 11.8 Å². The van der Waals surface area contributed by atoms with Gasteiger partial charge in [-0.05, 0) is 59.3 Å². The number of benzene rings is 4. The van der Waals surface area contributed by atoms with Crippen LogP contribution >= 0.6 is 11.8 Å². The molecule has 0 aliphatic heterocycles. The summed E-state index contributed by atoms with van der Waals surface area (Å²) < 4.78 is 0. The molecular formula is C26H20N2O4S. The summed E-state index contributed by atoms with van der Waals surface area (Å²) in [6.07, 6.45) is 0. The number of carbonyl (C=O) groups is 3. The molecule has 0 saturated heterocycles. The second-order valence-corrected chi connectivity index (χ2v) is 8.32. The molecule has 0 unspecified atom stereocenters. The summed E-state index contributed by atoms with van der Waals surface area (Å²) in [4.78, 5) is 36.8. The second-order valence-electron chi connectivity index (χ2n) is 7.27. The highest BCUT2D eigenvalue weighted by atomic mass is 32.2. The lowest BCUT2D eigenvalue weighted by Crippen LogP contribution is -2.14. The summed E-state index contributed by atoms with van der Waals surface area (Å²) in [6, 6.07) is 26.8. The van der Waals surface area contributed by atoms with E-state index in [1.54, 1.807) is 24.3 Å². The van der Waals surface area contributed by atoms with Crippen molar-refractivity contribution in [3.63, 3.8) is 0 Å². The van der Waals surface area contributed by atoms with Gasteiger partial charge < -0.3 is 15.7 Å². The molecule has 0 aliphatic carbocycles. The minimum absolute atomic E-state index is 0.107. The number of hydrogen-bond donors (Lipinski definition) is 3. The zero-order chi connectivity index (χ0) is 23.2. The Morgan fingerprint density at radius 2 is 1.42 bits per heavy atom. The fourth-order valence-corrected chi connectivity index (χ4v) is 4.03. The highest BCUT2D eigenvalue weighted by Gasteiger charge is 2.10. The van der Waals surface area contributed by atoms with Crippen molar-refractivity contribution in [1.29, 1.82) is 0 Å². The number of thioether (sulfide) groups is 1. The molecule has 0 bridgehead atoms. The third kappa shape index (κ3) is 5.78. The van der Waals surface area contributed by atoms with Crippen LogP contribution in [-0.4, -0.2) is 28.6 Å². The molecule has 0 atom stereocenters. The molecule has 164 valence electrons. The van der Waals surface area contributed by atoms with Crippen molar-refractivity contribution in [2.45, 2.75) is 4.90 Å². The van der Waals surface area contributed by atoms with Crippen LogP contribution in [0.2, 0.25) is 0 Å². The summed E-state index contributed by atoms with van der Waals surface area (Å²) >= 11 is 1.32. The number of carboxylic acid groups (broad SMARTS) is 1. The Morgan fingerprint density at radius 1 is 0.697 bits per heavy atom. The van der Waals surface area contributed by atoms with Crippen LogP contribution in [0.5, 0.6) is 0 Å². The Labute approximate surface area is 194 Å². The molecule has 0 saturated carbocycles. The molecular weight excluding hydrogens is 436 g/mol. The number of anilines is 2. The van der Waals surface area contributed by atoms with E-state index in [1.165, 1.54) is 23.9 Å². The molecule has 7 heteroatoms. The molecule has 0 aliphatic rings. The molecule has 33 heavy (non-hydrogen) atoms. The van der Waals surface area contributed by atoms with Crippen LogP contribution in [0, 0.1) is 0 Å². The Morgan fingerprint density at radius 3 is 2.21 bits per heavy atom. The Hall–Kier alpha value is -4.10. The molecule has 0 heterocycles. The lowest BCUT2D eigenvalue weighted by Gasteiger charge is -2.09. The topological polar surface area (TPSA) is 95.5 Å². The van der Waals surface area contributed by atoms with Crippen LogP contribution in [0.15, 0.2) is 95.9 Å². The fourth-order valence-electron chi connectivity index (χ4n) is 3.27. The Bertz CT molecular complexity index is 1350.